The van der Waals surface area contributed by atoms with Crippen LogP contribution in [0.25, 0.3) is 0 Å². The van der Waals surface area contributed by atoms with Gasteiger partial charge in [-0.2, -0.15) is 0 Å². The van der Waals surface area contributed by atoms with E-state index in [0.29, 0.717) is 17.7 Å². The summed E-state index contributed by atoms with van der Waals surface area (Å²) in [5, 5.41) is 2.85. The van der Waals surface area contributed by atoms with Crippen molar-refractivity contribution in [1.29, 1.82) is 0 Å². The molecule has 0 unspecified atom stereocenters. The van der Waals surface area contributed by atoms with Crippen LogP contribution in [0.15, 0.2) is 24.3 Å². The molecule has 0 saturated carbocycles. The third kappa shape index (κ3) is 4.66. The zero-order chi connectivity index (χ0) is 15.0. The molecular formula is C15H22N2O3. The molecule has 5 heteroatoms. The van der Waals surface area contributed by atoms with Gasteiger partial charge in [0, 0.05) is 18.7 Å². The van der Waals surface area contributed by atoms with Crippen LogP contribution < -0.4 is 5.32 Å². The van der Waals surface area contributed by atoms with E-state index in [4.69, 9.17) is 0 Å². The molecule has 20 heavy (non-hydrogen) atoms. The van der Waals surface area contributed by atoms with E-state index in [1.165, 1.54) is 7.11 Å². The molecule has 1 N–H and O–H groups in total. The quantitative estimate of drug-likeness (QED) is 0.769. The van der Waals surface area contributed by atoms with Crippen LogP contribution in [-0.2, 0) is 4.74 Å². The summed E-state index contributed by atoms with van der Waals surface area (Å²) in [6.45, 7) is 7.50. The lowest BCUT2D eigenvalue weighted by Crippen LogP contribution is -2.34. The molecule has 0 fully saturated rings. The summed E-state index contributed by atoms with van der Waals surface area (Å²) in [5.41, 5.74) is 0.844. The fraction of sp³-hybridized carbons (Fsp3) is 0.467. The summed E-state index contributed by atoms with van der Waals surface area (Å²) in [6, 6.07) is 6.52. The number of likely N-dealkylation sites (N-methyl/N-ethyl adjacent to an activating group) is 1. The summed E-state index contributed by atoms with van der Waals surface area (Å²) in [6.07, 6.45) is 0. The van der Waals surface area contributed by atoms with Crippen molar-refractivity contribution < 1.29 is 14.3 Å². The summed E-state index contributed by atoms with van der Waals surface area (Å²) in [4.78, 5) is 25.6. The largest absolute Gasteiger partial charge is 0.465 e. The van der Waals surface area contributed by atoms with Crippen LogP contribution in [-0.4, -0.2) is 50.1 Å². The highest BCUT2D eigenvalue weighted by molar-refractivity contribution is 5.97. The molecule has 0 bridgehead atoms. The number of hydrogen-bond donors (Lipinski definition) is 1. The Morgan fingerprint density at radius 1 is 1.20 bits per heavy atom. The second kappa shape index (κ2) is 8.32. The minimum absolute atomic E-state index is 0.178. The molecule has 0 aliphatic carbocycles. The number of hydrogen-bond acceptors (Lipinski definition) is 4. The Labute approximate surface area is 119 Å². The molecule has 1 aromatic carbocycles. The van der Waals surface area contributed by atoms with Crippen LogP contribution in [0.3, 0.4) is 0 Å². The molecule has 0 spiro atoms. The van der Waals surface area contributed by atoms with Crippen LogP contribution in [0.4, 0.5) is 0 Å². The van der Waals surface area contributed by atoms with E-state index in [1.54, 1.807) is 24.3 Å². The molecule has 0 heterocycles. The average Bonchev–Trinajstić information content (AvgIpc) is 2.50. The number of esters is 1. The number of rotatable bonds is 7. The van der Waals surface area contributed by atoms with Gasteiger partial charge in [-0.05, 0) is 31.3 Å². The van der Waals surface area contributed by atoms with Gasteiger partial charge >= 0.3 is 5.97 Å². The van der Waals surface area contributed by atoms with Crippen molar-refractivity contribution >= 4 is 11.9 Å². The maximum absolute atomic E-state index is 12.0. The Hall–Kier alpha value is -1.88. The molecule has 0 aliphatic rings. The number of ether oxygens (including phenoxy) is 1. The van der Waals surface area contributed by atoms with Crippen molar-refractivity contribution in [3.05, 3.63) is 35.4 Å². The number of benzene rings is 1. The molecule has 110 valence electrons. The highest BCUT2D eigenvalue weighted by Crippen LogP contribution is 2.06. The van der Waals surface area contributed by atoms with E-state index in [-0.39, 0.29) is 5.91 Å². The molecule has 1 amide bonds. The van der Waals surface area contributed by atoms with Gasteiger partial charge in [-0.25, -0.2) is 4.79 Å². The summed E-state index contributed by atoms with van der Waals surface area (Å²) < 4.78 is 4.64. The number of nitrogens with zero attached hydrogens (tertiary/aromatic N) is 1. The molecule has 0 aliphatic heterocycles. The fourth-order valence-corrected chi connectivity index (χ4v) is 1.87. The predicted octanol–water partition coefficient (Wildman–Crippen LogP) is 1.54. The summed E-state index contributed by atoms with van der Waals surface area (Å²) in [7, 11) is 1.32. The summed E-state index contributed by atoms with van der Waals surface area (Å²) in [5.74, 6) is -0.620. The number of methoxy groups -OCH3 is 1. The Kier molecular flexibility index (Phi) is 6.73. The molecule has 0 saturated heterocycles. The van der Waals surface area contributed by atoms with E-state index in [0.717, 1.165) is 19.6 Å². The van der Waals surface area contributed by atoms with Crippen LogP contribution >= 0.6 is 0 Å². The zero-order valence-corrected chi connectivity index (χ0v) is 12.3. The average molecular weight is 278 g/mol. The lowest BCUT2D eigenvalue weighted by molar-refractivity contribution is 0.0600. The molecule has 0 atom stereocenters. The third-order valence-corrected chi connectivity index (χ3v) is 3.15. The Morgan fingerprint density at radius 3 is 2.45 bits per heavy atom. The standard InChI is InChI=1S/C15H22N2O3/c1-4-17(5-2)10-9-16-14(18)12-7-6-8-13(11-12)15(19)20-3/h6-8,11H,4-5,9-10H2,1-3H3,(H,16,18). The molecular weight excluding hydrogens is 256 g/mol. The highest BCUT2D eigenvalue weighted by atomic mass is 16.5. The Bertz CT molecular complexity index is 456. The van der Waals surface area contributed by atoms with E-state index < -0.39 is 5.97 Å². The first-order chi connectivity index (χ1) is 9.62. The first-order valence-corrected chi connectivity index (χ1v) is 6.81. The van der Waals surface area contributed by atoms with Gasteiger partial charge in [-0.15, -0.1) is 0 Å². The lowest BCUT2D eigenvalue weighted by Gasteiger charge is -2.17. The first kappa shape index (κ1) is 16.2. The minimum atomic E-state index is -0.442. The Balaban J connectivity index is 2.57. The maximum Gasteiger partial charge on any atom is 0.337 e. The van der Waals surface area contributed by atoms with E-state index in [9.17, 15) is 9.59 Å². The molecule has 0 radical (unpaired) electrons. The number of amides is 1. The molecule has 1 aromatic rings. The fourth-order valence-electron chi connectivity index (χ4n) is 1.87. The van der Waals surface area contributed by atoms with Gasteiger partial charge in [0.2, 0.25) is 0 Å². The van der Waals surface area contributed by atoms with Crippen LogP contribution in [0, 0.1) is 0 Å². The molecule has 1 rings (SSSR count). The van der Waals surface area contributed by atoms with Gasteiger partial charge in [-0.1, -0.05) is 19.9 Å². The van der Waals surface area contributed by atoms with Gasteiger partial charge in [0.25, 0.3) is 5.91 Å². The van der Waals surface area contributed by atoms with Crippen molar-refractivity contribution in [2.24, 2.45) is 0 Å². The van der Waals surface area contributed by atoms with Gasteiger partial charge in [0.05, 0.1) is 12.7 Å². The Morgan fingerprint density at radius 2 is 1.85 bits per heavy atom. The van der Waals surface area contributed by atoms with Gasteiger partial charge < -0.3 is 15.0 Å². The number of carbonyl (C=O) groups is 2. The maximum atomic E-state index is 12.0. The monoisotopic (exact) mass is 278 g/mol. The van der Waals surface area contributed by atoms with Crippen LogP contribution in [0.5, 0.6) is 0 Å². The normalized spacial score (nSPS) is 10.4. The van der Waals surface area contributed by atoms with Crippen molar-refractivity contribution in [2.45, 2.75) is 13.8 Å². The van der Waals surface area contributed by atoms with Crippen molar-refractivity contribution in [3.8, 4) is 0 Å². The second-order valence-corrected chi connectivity index (χ2v) is 4.36. The van der Waals surface area contributed by atoms with Gasteiger partial charge in [0.1, 0.15) is 0 Å². The first-order valence-electron chi connectivity index (χ1n) is 6.81. The number of carbonyl (C=O) groups excluding carboxylic acids is 2. The predicted molar refractivity (Wildman–Crippen MR) is 77.9 cm³/mol. The number of nitrogens with one attached hydrogen (secondary N) is 1. The third-order valence-electron chi connectivity index (χ3n) is 3.15. The van der Waals surface area contributed by atoms with Crippen LogP contribution in [0.2, 0.25) is 0 Å². The molecule has 5 nitrogen and oxygen atoms in total. The van der Waals surface area contributed by atoms with Crippen LogP contribution in [0.1, 0.15) is 34.6 Å². The topological polar surface area (TPSA) is 58.6 Å². The zero-order valence-electron chi connectivity index (χ0n) is 12.3. The minimum Gasteiger partial charge on any atom is -0.465 e. The van der Waals surface area contributed by atoms with Crippen molar-refractivity contribution in [1.82, 2.24) is 10.2 Å². The molecule has 0 aromatic heterocycles. The smallest absolute Gasteiger partial charge is 0.337 e. The lowest BCUT2D eigenvalue weighted by atomic mass is 10.1. The van der Waals surface area contributed by atoms with Crippen molar-refractivity contribution in [3.63, 3.8) is 0 Å². The second-order valence-electron chi connectivity index (χ2n) is 4.36. The van der Waals surface area contributed by atoms with E-state index in [1.807, 2.05) is 0 Å². The van der Waals surface area contributed by atoms with Gasteiger partial charge in [0.15, 0.2) is 0 Å². The highest BCUT2D eigenvalue weighted by Gasteiger charge is 2.10. The summed E-state index contributed by atoms with van der Waals surface area (Å²) >= 11 is 0. The van der Waals surface area contributed by atoms with E-state index >= 15 is 0 Å². The SMILES string of the molecule is CCN(CC)CCNC(=O)c1cccc(C(=O)OC)c1. The van der Waals surface area contributed by atoms with Gasteiger partial charge in [-0.3, -0.25) is 4.79 Å². The van der Waals surface area contributed by atoms with Crippen molar-refractivity contribution in [2.75, 3.05) is 33.3 Å². The van der Waals surface area contributed by atoms with E-state index in [2.05, 4.69) is 28.8 Å².